The van der Waals surface area contributed by atoms with Crippen LogP contribution in [0, 0.1) is 5.82 Å². The Morgan fingerprint density at radius 1 is 0.955 bits per heavy atom. The lowest BCUT2D eigenvalue weighted by Gasteiger charge is -2.14. The van der Waals surface area contributed by atoms with E-state index in [0.717, 1.165) is 0 Å². The Morgan fingerprint density at radius 2 is 1.68 bits per heavy atom. The van der Waals surface area contributed by atoms with Crippen LogP contribution in [0.4, 0.5) is 4.39 Å². The third kappa shape index (κ3) is 3.14. The van der Waals surface area contributed by atoms with Crippen molar-refractivity contribution in [3.8, 4) is 0 Å². The number of benzene rings is 3. The molecule has 3 aromatic carbocycles. The predicted octanol–water partition coefficient (Wildman–Crippen LogP) is 4.44. The van der Waals surface area contributed by atoms with E-state index in [1.54, 1.807) is 24.4 Å². The molecule has 0 aromatic heterocycles. The highest BCUT2D eigenvalue weighted by Crippen LogP contribution is 2.19. The van der Waals surface area contributed by atoms with Crippen LogP contribution in [0.15, 0.2) is 71.8 Å². The minimum atomic E-state index is -0.259. The van der Waals surface area contributed by atoms with Crippen LogP contribution >= 0.6 is 0 Å². The summed E-state index contributed by atoms with van der Waals surface area (Å²) in [6.07, 6.45) is 1.56. The van der Waals surface area contributed by atoms with Gasteiger partial charge >= 0.3 is 0 Å². The average molecular weight is 292 g/mol. The second-order valence-corrected chi connectivity index (χ2v) is 5.22. The summed E-state index contributed by atoms with van der Waals surface area (Å²) in [6.45, 7) is 0.673. The summed E-state index contributed by atoms with van der Waals surface area (Å²) in [5.74, 6) is -0.259. The molecule has 0 atom stereocenters. The van der Waals surface area contributed by atoms with Gasteiger partial charge < -0.3 is 0 Å². The molecule has 0 radical (unpaired) electrons. The predicted molar refractivity (Wildman–Crippen MR) is 89.4 cm³/mol. The van der Waals surface area contributed by atoms with Crippen LogP contribution in [-0.2, 0) is 6.54 Å². The molecule has 0 bridgehead atoms. The Labute approximate surface area is 129 Å². The van der Waals surface area contributed by atoms with E-state index in [9.17, 15) is 4.39 Å². The summed E-state index contributed by atoms with van der Waals surface area (Å²) < 4.78 is 13.6. The van der Waals surface area contributed by atoms with Gasteiger partial charge in [-0.3, -0.25) is 5.01 Å². The van der Waals surface area contributed by atoms with E-state index >= 15 is 0 Å². The minimum Gasteiger partial charge on any atom is -0.296 e. The number of rotatable bonds is 4. The smallest absolute Gasteiger partial charge is 0.132 e. The van der Waals surface area contributed by atoms with Gasteiger partial charge in [0, 0.05) is 12.6 Å². The normalized spacial score (nSPS) is 11.2. The molecule has 0 spiro atoms. The molecular formula is C19H17FN2. The average Bonchev–Trinajstić information content (AvgIpc) is 2.54. The maximum Gasteiger partial charge on any atom is 0.132 e. The molecule has 3 aromatic rings. The number of fused-ring (bicyclic) bond motifs is 1. The van der Waals surface area contributed by atoms with Gasteiger partial charge in [-0.1, -0.05) is 60.7 Å². The molecule has 0 fully saturated rings. The van der Waals surface area contributed by atoms with E-state index in [1.807, 2.05) is 30.3 Å². The third-order valence-corrected chi connectivity index (χ3v) is 3.58. The molecule has 0 saturated carbocycles. The van der Waals surface area contributed by atoms with Gasteiger partial charge in [0.15, 0.2) is 0 Å². The van der Waals surface area contributed by atoms with E-state index in [0.29, 0.717) is 12.1 Å². The van der Waals surface area contributed by atoms with E-state index in [2.05, 4.69) is 29.4 Å². The lowest BCUT2D eigenvalue weighted by molar-refractivity contribution is 0.350. The van der Waals surface area contributed by atoms with E-state index < -0.39 is 0 Å². The van der Waals surface area contributed by atoms with Crippen molar-refractivity contribution in [2.24, 2.45) is 5.10 Å². The fraction of sp³-hybridized carbons (Fsp3) is 0.105. The van der Waals surface area contributed by atoms with E-state index in [1.165, 1.54) is 22.4 Å². The lowest BCUT2D eigenvalue weighted by Crippen LogP contribution is -2.11. The van der Waals surface area contributed by atoms with Crippen molar-refractivity contribution < 1.29 is 4.39 Å². The molecule has 110 valence electrons. The van der Waals surface area contributed by atoms with Crippen LogP contribution in [0.1, 0.15) is 11.1 Å². The van der Waals surface area contributed by atoms with Crippen LogP contribution in [0.3, 0.4) is 0 Å². The van der Waals surface area contributed by atoms with Gasteiger partial charge in [-0.2, -0.15) is 5.10 Å². The summed E-state index contributed by atoms with van der Waals surface area (Å²) in [4.78, 5) is 0. The van der Waals surface area contributed by atoms with Gasteiger partial charge in [-0.15, -0.1) is 0 Å². The van der Waals surface area contributed by atoms with Crippen LogP contribution in [0.5, 0.6) is 0 Å². The van der Waals surface area contributed by atoms with Crippen molar-refractivity contribution in [2.75, 3.05) is 7.05 Å². The highest BCUT2D eigenvalue weighted by Gasteiger charge is 2.03. The molecule has 0 aliphatic carbocycles. The quantitative estimate of drug-likeness (QED) is 0.512. The molecule has 0 saturated heterocycles. The standard InChI is InChI=1S/C19H17FN2/c1-22(21-13-16-8-3-5-12-19(16)20)14-17-10-6-9-15-7-2-4-11-18(15)17/h2-13H,14H2,1H3/b21-13-. The van der Waals surface area contributed by atoms with E-state index in [4.69, 9.17) is 0 Å². The maximum absolute atomic E-state index is 13.6. The molecule has 0 aliphatic heterocycles. The Bertz CT molecular complexity index is 806. The summed E-state index contributed by atoms with van der Waals surface area (Å²) in [7, 11) is 1.89. The first-order valence-electron chi connectivity index (χ1n) is 7.20. The van der Waals surface area contributed by atoms with Crippen LogP contribution in [0.2, 0.25) is 0 Å². The van der Waals surface area contributed by atoms with Crippen molar-refractivity contribution in [1.82, 2.24) is 5.01 Å². The Balaban J connectivity index is 1.79. The monoisotopic (exact) mass is 292 g/mol. The molecule has 0 amide bonds. The topological polar surface area (TPSA) is 15.6 Å². The molecule has 2 nitrogen and oxygen atoms in total. The van der Waals surface area contributed by atoms with Gasteiger partial charge in [-0.25, -0.2) is 4.39 Å². The van der Waals surface area contributed by atoms with Gasteiger partial charge in [0.1, 0.15) is 5.82 Å². The van der Waals surface area contributed by atoms with E-state index in [-0.39, 0.29) is 5.82 Å². The zero-order valence-electron chi connectivity index (χ0n) is 12.4. The zero-order valence-corrected chi connectivity index (χ0v) is 12.4. The Kier molecular flexibility index (Phi) is 4.15. The SMILES string of the molecule is CN(Cc1cccc2ccccc12)/N=C\c1ccccc1F. The Morgan fingerprint density at radius 3 is 2.55 bits per heavy atom. The number of hydrogen-bond donors (Lipinski definition) is 0. The number of hydrogen-bond acceptors (Lipinski definition) is 2. The second kappa shape index (κ2) is 6.39. The van der Waals surface area contributed by atoms with Crippen molar-refractivity contribution in [2.45, 2.75) is 6.54 Å². The zero-order chi connectivity index (χ0) is 15.4. The van der Waals surface area contributed by atoms with Crippen molar-refractivity contribution in [3.05, 3.63) is 83.7 Å². The summed E-state index contributed by atoms with van der Waals surface area (Å²) >= 11 is 0. The van der Waals surface area contributed by atoms with Crippen molar-refractivity contribution >= 4 is 17.0 Å². The molecule has 3 rings (SSSR count). The Hall–Kier alpha value is -2.68. The van der Waals surface area contributed by atoms with Crippen LogP contribution in [0.25, 0.3) is 10.8 Å². The van der Waals surface area contributed by atoms with Crippen LogP contribution in [-0.4, -0.2) is 18.3 Å². The second-order valence-electron chi connectivity index (χ2n) is 5.22. The molecule has 22 heavy (non-hydrogen) atoms. The number of halogens is 1. The fourth-order valence-corrected chi connectivity index (χ4v) is 2.46. The molecule has 0 unspecified atom stereocenters. The van der Waals surface area contributed by atoms with Gasteiger partial charge in [0.05, 0.1) is 12.8 Å². The highest BCUT2D eigenvalue weighted by atomic mass is 19.1. The molecule has 3 heteroatoms. The van der Waals surface area contributed by atoms with Gasteiger partial charge in [-0.05, 0) is 22.4 Å². The summed E-state index contributed by atoms with van der Waals surface area (Å²) in [5, 5.41) is 8.57. The molecule has 0 N–H and O–H groups in total. The fourth-order valence-electron chi connectivity index (χ4n) is 2.46. The lowest BCUT2D eigenvalue weighted by atomic mass is 10.0. The molecule has 0 heterocycles. The summed E-state index contributed by atoms with van der Waals surface area (Å²) in [6, 6.07) is 21.1. The van der Waals surface area contributed by atoms with Gasteiger partial charge in [0.25, 0.3) is 0 Å². The van der Waals surface area contributed by atoms with Crippen molar-refractivity contribution in [3.63, 3.8) is 0 Å². The maximum atomic E-state index is 13.6. The van der Waals surface area contributed by atoms with Crippen molar-refractivity contribution in [1.29, 1.82) is 0 Å². The first-order chi connectivity index (χ1) is 10.7. The largest absolute Gasteiger partial charge is 0.296 e. The number of nitrogens with zero attached hydrogens (tertiary/aromatic N) is 2. The number of hydrazone groups is 1. The molecule has 0 aliphatic rings. The third-order valence-electron chi connectivity index (χ3n) is 3.58. The first kappa shape index (κ1) is 14.3. The molecular weight excluding hydrogens is 275 g/mol. The summed E-state index contributed by atoms with van der Waals surface area (Å²) in [5.41, 5.74) is 1.69. The first-order valence-corrected chi connectivity index (χ1v) is 7.20. The highest BCUT2D eigenvalue weighted by molar-refractivity contribution is 5.85. The van der Waals surface area contributed by atoms with Gasteiger partial charge in [0.2, 0.25) is 0 Å². The minimum absolute atomic E-state index is 0.259. The van der Waals surface area contributed by atoms with Crippen LogP contribution < -0.4 is 0 Å².